The summed E-state index contributed by atoms with van der Waals surface area (Å²) in [7, 11) is 0. The van der Waals surface area contributed by atoms with E-state index in [4.69, 9.17) is 19.9 Å². The Morgan fingerprint density at radius 3 is 0.644 bits per heavy atom. The molecule has 0 saturated carbocycles. The Labute approximate surface area is 525 Å². The van der Waals surface area contributed by atoms with E-state index in [0.717, 1.165) is 106 Å². The molecule has 0 amide bonds. The molecular weight excluding hydrogens is 1090 g/mol. The van der Waals surface area contributed by atoms with Gasteiger partial charge in [-0.3, -0.25) is 0 Å². The third-order valence-electron chi connectivity index (χ3n) is 16.7. The molecule has 422 valence electrons. The van der Waals surface area contributed by atoms with Crippen molar-refractivity contribution in [1.82, 2.24) is 19.9 Å². The zero-order chi connectivity index (χ0) is 60.0. The van der Waals surface area contributed by atoms with Crippen molar-refractivity contribution in [2.45, 2.75) is 0 Å². The molecule has 0 radical (unpaired) electrons. The maximum atomic E-state index is 5.37. The minimum absolute atomic E-state index is 0.473. The van der Waals surface area contributed by atoms with E-state index in [2.05, 4.69) is 340 Å². The third kappa shape index (κ3) is 11.8. The summed E-state index contributed by atoms with van der Waals surface area (Å²) >= 11 is 0. The monoisotopic (exact) mass is 1150 g/mol. The number of hydrogen-bond donors (Lipinski definition) is 0. The van der Waals surface area contributed by atoms with E-state index in [1.807, 2.05) is 12.1 Å². The molecule has 0 aliphatic carbocycles. The quantitative estimate of drug-likeness (QED) is 0.109. The van der Waals surface area contributed by atoms with Crippen LogP contribution in [0.1, 0.15) is 0 Å². The molecule has 0 unspecified atom stereocenters. The van der Waals surface area contributed by atoms with Crippen LogP contribution in [0.5, 0.6) is 0 Å². The highest BCUT2D eigenvalue weighted by Crippen LogP contribution is 2.39. The van der Waals surface area contributed by atoms with E-state index in [9.17, 15) is 0 Å². The molecule has 90 heavy (non-hydrogen) atoms. The second-order valence-corrected chi connectivity index (χ2v) is 22.6. The summed E-state index contributed by atoms with van der Waals surface area (Å²) in [6, 6.07) is 125. The Morgan fingerprint density at radius 1 is 0.111 bits per heavy atom. The van der Waals surface area contributed by atoms with E-state index in [1.165, 1.54) is 27.8 Å². The summed E-state index contributed by atoms with van der Waals surface area (Å²) in [5.74, 6) is 1.56. The van der Waals surface area contributed by atoms with Gasteiger partial charge in [-0.2, -0.15) is 0 Å². The average molecular weight is 1150 g/mol. The number of nitrogens with zero attached hydrogens (tertiary/aromatic N) is 4. The molecule has 0 saturated heterocycles. The fraction of sp³-hybridized carbons (Fsp3) is 0. The first-order valence-corrected chi connectivity index (χ1v) is 30.5. The molecule has 0 fully saturated rings. The Morgan fingerprint density at radius 2 is 0.311 bits per heavy atom. The maximum Gasteiger partial charge on any atom is 0.182 e. The molecular formula is C86H58N4. The van der Waals surface area contributed by atoms with E-state index in [-0.39, 0.29) is 0 Å². The van der Waals surface area contributed by atoms with Crippen molar-refractivity contribution in [2.75, 3.05) is 0 Å². The summed E-state index contributed by atoms with van der Waals surface area (Å²) in [4.78, 5) is 21.4. The van der Waals surface area contributed by atoms with E-state index in [0.29, 0.717) is 23.2 Å². The Kier molecular flexibility index (Phi) is 15.0. The second kappa shape index (κ2) is 24.8. The van der Waals surface area contributed by atoms with Gasteiger partial charge in [0, 0.05) is 16.7 Å². The molecule has 2 aromatic heterocycles. The molecule has 4 nitrogen and oxygen atoms in total. The van der Waals surface area contributed by atoms with Crippen LogP contribution in [0.4, 0.5) is 0 Å². The molecule has 15 rings (SSSR count). The third-order valence-corrected chi connectivity index (χ3v) is 16.7. The summed E-state index contributed by atoms with van der Waals surface area (Å²) in [6.07, 6.45) is 0. The number of benzene rings is 13. The predicted molar refractivity (Wildman–Crippen MR) is 374 cm³/mol. The van der Waals surface area contributed by atoms with Gasteiger partial charge >= 0.3 is 0 Å². The molecule has 2 heterocycles. The van der Waals surface area contributed by atoms with Gasteiger partial charge in [0.25, 0.3) is 0 Å². The number of hydrogen-bond acceptors (Lipinski definition) is 4. The van der Waals surface area contributed by atoms with Crippen molar-refractivity contribution < 1.29 is 0 Å². The van der Waals surface area contributed by atoms with Gasteiger partial charge in [-0.1, -0.05) is 267 Å². The zero-order valence-corrected chi connectivity index (χ0v) is 49.3. The van der Waals surface area contributed by atoms with Crippen LogP contribution < -0.4 is 0 Å². The molecule has 0 bridgehead atoms. The highest BCUT2D eigenvalue weighted by Gasteiger charge is 2.18. The molecule has 0 atom stereocenters. The van der Waals surface area contributed by atoms with Crippen molar-refractivity contribution >= 4 is 0 Å². The van der Waals surface area contributed by atoms with Crippen LogP contribution in [0.3, 0.4) is 0 Å². The summed E-state index contributed by atoms with van der Waals surface area (Å²) in [5.41, 5.74) is 26.8. The van der Waals surface area contributed by atoms with Crippen LogP contribution >= 0.6 is 0 Å². The Hall–Kier alpha value is -12.0. The fourth-order valence-corrected chi connectivity index (χ4v) is 12.0. The number of rotatable bonds is 14. The molecule has 0 spiro atoms. The summed E-state index contributed by atoms with van der Waals surface area (Å²) in [5, 5.41) is 0. The van der Waals surface area contributed by atoms with Gasteiger partial charge in [0.2, 0.25) is 0 Å². The Balaban J connectivity index is 0.813. The normalized spacial score (nSPS) is 11.1. The maximum absolute atomic E-state index is 5.37. The largest absolute Gasteiger partial charge is 0.244 e. The molecule has 13 aromatic carbocycles. The fourth-order valence-electron chi connectivity index (χ4n) is 12.0. The Bertz CT molecular complexity index is 4650. The minimum Gasteiger partial charge on any atom is -0.244 e. The van der Waals surface area contributed by atoms with Crippen LogP contribution in [0.2, 0.25) is 0 Å². The molecule has 0 N–H and O–H groups in total. The molecule has 0 aliphatic heterocycles. The van der Waals surface area contributed by atoms with Gasteiger partial charge in [-0.15, -0.1) is 0 Å². The smallest absolute Gasteiger partial charge is 0.182 e. The summed E-state index contributed by atoms with van der Waals surface area (Å²) < 4.78 is 0. The van der Waals surface area contributed by atoms with Crippen molar-refractivity contribution in [1.29, 1.82) is 0 Å². The van der Waals surface area contributed by atoms with Crippen molar-refractivity contribution in [3.63, 3.8) is 0 Å². The van der Waals surface area contributed by atoms with Gasteiger partial charge in [0.05, 0.1) is 5.69 Å². The summed E-state index contributed by atoms with van der Waals surface area (Å²) in [6.45, 7) is 0. The van der Waals surface area contributed by atoms with Gasteiger partial charge in [-0.05, 0) is 196 Å². The van der Waals surface area contributed by atoms with E-state index >= 15 is 0 Å². The van der Waals surface area contributed by atoms with Gasteiger partial charge in [0.15, 0.2) is 17.5 Å². The lowest BCUT2D eigenvalue weighted by Gasteiger charge is -2.14. The topological polar surface area (TPSA) is 51.6 Å². The number of pyridine rings is 1. The van der Waals surface area contributed by atoms with Crippen molar-refractivity contribution in [3.05, 3.63) is 352 Å². The van der Waals surface area contributed by atoms with Crippen LogP contribution in [-0.2, 0) is 0 Å². The van der Waals surface area contributed by atoms with Gasteiger partial charge < -0.3 is 0 Å². The molecule has 15 aromatic rings. The number of aromatic nitrogens is 4. The van der Waals surface area contributed by atoms with Crippen LogP contribution in [0, 0.1) is 0 Å². The highest BCUT2D eigenvalue weighted by atomic mass is 15.0. The van der Waals surface area contributed by atoms with Crippen molar-refractivity contribution in [2.24, 2.45) is 0 Å². The van der Waals surface area contributed by atoms with Gasteiger partial charge in [-0.25, -0.2) is 19.9 Å². The minimum atomic E-state index is 0.473. The lowest BCUT2D eigenvalue weighted by molar-refractivity contribution is 1.06. The lowest BCUT2D eigenvalue weighted by atomic mass is 9.92. The second-order valence-electron chi connectivity index (χ2n) is 22.6. The highest BCUT2D eigenvalue weighted by molar-refractivity contribution is 5.87. The van der Waals surface area contributed by atoms with E-state index < -0.39 is 0 Å². The lowest BCUT2D eigenvalue weighted by Crippen LogP contribution is -2.02. The van der Waals surface area contributed by atoms with Crippen molar-refractivity contribution in [3.8, 4) is 157 Å². The zero-order valence-electron chi connectivity index (χ0n) is 49.3. The first kappa shape index (κ1) is 54.7. The predicted octanol–water partition coefficient (Wildman–Crippen LogP) is 22.6. The van der Waals surface area contributed by atoms with Crippen LogP contribution in [0.25, 0.3) is 157 Å². The van der Waals surface area contributed by atoms with Gasteiger partial charge in [0.1, 0.15) is 5.69 Å². The van der Waals surface area contributed by atoms with Crippen LogP contribution in [-0.4, -0.2) is 19.9 Å². The molecule has 0 aliphatic rings. The standard InChI is InChI=1S/C86H58N4/c1-7-23-59(24-8-1)73-50-74(60-25-9-2-10-26-60)54-79(53-73)66-45-43-65(44-46-66)67-35-19-38-70(47-67)82-41-22-42-83(87-82)86-89-84(71-39-20-36-68(48-71)80-55-75(61-27-11-3-12-28-61)51-76(56-80)62-29-13-4-14-30-62)88-85(90-86)72-40-21-37-69(49-72)81-57-77(63-31-15-5-16-32-63)52-78(58-81)64-33-17-6-18-34-64/h1-58H. The SMILES string of the molecule is c1ccc(-c2cc(-c3ccccc3)cc(-c3ccc(-c4cccc(-c5cccc(-c6nc(-c7cccc(-c8cc(-c9ccccc9)cc(-c9ccccc9)c8)c7)nc(-c7cccc(-c8cc(-c9ccccc9)cc(-c9ccccc9)c8)c7)n6)n5)c4)cc3)c2)cc1. The van der Waals surface area contributed by atoms with Crippen LogP contribution in [0.15, 0.2) is 352 Å². The molecule has 4 heteroatoms. The first-order chi connectivity index (χ1) is 44.5. The van der Waals surface area contributed by atoms with E-state index in [1.54, 1.807) is 0 Å². The first-order valence-electron chi connectivity index (χ1n) is 30.5. The average Bonchev–Trinajstić information content (AvgIpc) is 2.29.